The summed E-state index contributed by atoms with van der Waals surface area (Å²) >= 11 is 0. The summed E-state index contributed by atoms with van der Waals surface area (Å²) in [4.78, 5) is 25.5. The van der Waals surface area contributed by atoms with E-state index in [0.717, 1.165) is 16.5 Å². The molecule has 28 heavy (non-hydrogen) atoms. The van der Waals surface area contributed by atoms with Crippen molar-refractivity contribution in [3.8, 4) is 0 Å². The molecular weight excluding hydrogens is 352 g/mol. The van der Waals surface area contributed by atoms with E-state index in [-0.39, 0.29) is 17.5 Å². The number of carbonyl (C=O) groups is 1. The first kappa shape index (κ1) is 17.7. The van der Waals surface area contributed by atoms with Crippen LogP contribution in [0.4, 0.5) is 0 Å². The molecule has 0 aliphatic rings. The van der Waals surface area contributed by atoms with Crippen LogP contribution in [-0.4, -0.2) is 20.3 Å². The van der Waals surface area contributed by atoms with E-state index < -0.39 is 0 Å². The van der Waals surface area contributed by atoms with Gasteiger partial charge < -0.3 is 9.88 Å². The second-order valence-electron chi connectivity index (χ2n) is 6.64. The summed E-state index contributed by atoms with van der Waals surface area (Å²) in [5.74, 6) is -0.282. The van der Waals surface area contributed by atoms with Gasteiger partial charge in [-0.05, 0) is 17.7 Å². The first-order valence-corrected chi connectivity index (χ1v) is 9.05. The van der Waals surface area contributed by atoms with E-state index >= 15 is 0 Å². The van der Waals surface area contributed by atoms with Crippen LogP contribution in [0.5, 0.6) is 0 Å². The number of fused-ring (bicyclic) bond motifs is 1. The lowest BCUT2D eigenvalue weighted by Gasteiger charge is -2.20. The maximum absolute atomic E-state index is 13.1. The summed E-state index contributed by atoms with van der Waals surface area (Å²) in [6, 6.07) is 20.1. The fourth-order valence-electron chi connectivity index (χ4n) is 3.35. The van der Waals surface area contributed by atoms with E-state index in [1.807, 2.05) is 66.9 Å². The molecule has 4 aromatic rings. The van der Waals surface area contributed by atoms with Gasteiger partial charge >= 0.3 is 0 Å². The van der Waals surface area contributed by atoms with E-state index in [0.29, 0.717) is 12.1 Å². The Hall–Kier alpha value is -3.67. The molecule has 1 N–H and O–H groups in total. The smallest absolute Gasteiger partial charge is 0.252 e. The highest BCUT2D eigenvalue weighted by Gasteiger charge is 2.19. The second kappa shape index (κ2) is 7.52. The number of pyridine rings is 1. The lowest BCUT2D eigenvalue weighted by atomic mass is 10.0. The summed E-state index contributed by atoms with van der Waals surface area (Å²) in [6.45, 7) is 0.492. The SMILES string of the molecule is Cn1c(=O)cc(C(=O)N[C@H](Cn2cccn2)c2ccccc2)c2ccccc21. The average molecular weight is 372 g/mol. The van der Waals surface area contributed by atoms with Crippen LogP contribution in [0.25, 0.3) is 10.9 Å². The second-order valence-corrected chi connectivity index (χ2v) is 6.64. The Balaban J connectivity index is 1.71. The van der Waals surface area contributed by atoms with Crippen molar-refractivity contribution in [2.45, 2.75) is 12.6 Å². The highest BCUT2D eigenvalue weighted by Crippen LogP contribution is 2.19. The molecular formula is C22H20N4O2. The molecule has 0 aliphatic carbocycles. The fraction of sp³-hybridized carbons (Fsp3) is 0.136. The lowest BCUT2D eigenvalue weighted by molar-refractivity contribution is 0.0933. The summed E-state index contributed by atoms with van der Waals surface area (Å²) < 4.78 is 3.32. The van der Waals surface area contributed by atoms with Gasteiger partial charge in [-0.1, -0.05) is 48.5 Å². The predicted octanol–water partition coefficient (Wildman–Crippen LogP) is 2.91. The van der Waals surface area contributed by atoms with Crippen molar-refractivity contribution in [3.05, 3.63) is 101 Å². The number of rotatable bonds is 5. The Kier molecular flexibility index (Phi) is 4.76. The molecule has 0 spiro atoms. The molecule has 0 saturated heterocycles. The fourth-order valence-corrected chi connectivity index (χ4v) is 3.35. The van der Waals surface area contributed by atoms with Crippen molar-refractivity contribution in [1.29, 1.82) is 0 Å². The average Bonchev–Trinajstić information content (AvgIpc) is 3.24. The zero-order valence-electron chi connectivity index (χ0n) is 15.4. The maximum atomic E-state index is 13.1. The number of aryl methyl sites for hydroxylation is 1. The van der Waals surface area contributed by atoms with Crippen LogP contribution >= 0.6 is 0 Å². The van der Waals surface area contributed by atoms with Gasteiger partial charge in [0.2, 0.25) is 0 Å². The molecule has 2 heterocycles. The molecule has 0 fully saturated rings. The molecule has 0 aliphatic heterocycles. The van der Waals surface area contributed by atoms with E-state index in [9.17, 15) is 9.59 Å². The van der Waals surface area contributed by atoms with Gasteiger partial charge in [-0.3, -0.25) is 14.3 Å². The van der Waals surface area contributed by atoms with Crippen LogP contribution in [-0.2, 0) is 13.6 Å². The summed E-state index contributed by atoms with van der Waals surface area (Å²) in [5, 5.41) is 8.07. The van der Waals surface area contributed by atoms with Crippen molar-refractivity contribution in [2.75, 3.05) is 0 Å². The molecule has 1 amide bonds. The van der Waals surface area contributed by atoms with Crippen LogP contribution < -0.4 is 10.9 Å². The number of aromatic nitrogens is 3. The Labute approximate surface area is 162 Å². The van der Waals surface area contributed by atoms with Gasteiger partial charge in [0.05, 0.1) is 23.7 Å². The molecule has 0 bridgehead atoms. The summed E-state index contributed by atoms with van der Waals surface area (Å²) in [5.41, 5.74) is 1.86. The van der Waals surface area contributed by atoms with E-state index in [2.05, 4.69) is 10.4 Å². The topological polar surface area (TPSA) is 68.9 Å². The third-order valence-electron chi connectivity index (χ3n) is 4.83. The number of hydrogen-bond acceptors (Lipinski definition) is 3. The zero-order chi connectivity index (χ0) is 19.5. The predicted molar refractivity (Wildman–Crippen MR) is 108 cm³/mol. The maximum Gasteiger partial charge on any atom is 0.252 e. The number of nitrogens with zero attached hydrogens (tertiary/aromatic N) is 3. The van der Waals surface area contributed by atoms with Gasteiger partial charge in [0.15, 0.2) is 0 Å². The molecule has 4 rings (SSSR count). The van der Waals surface area contributed by atoms with Crippen LogP contribution in [0, 0.1) is 0 Å². The minimum absolute atomic E-state index is 0.216. The molecule has 0 saturated carbocycles. The van der Waals surface area contributed by atoms with Gasteiger partial charge in [0.25, 0.3) is 11.5 Å². The molecule has 2 aromatic carbocycles. The monoisotopic (exact) mass is 372 g/mol. The number of benzene rings is 2. The molecule has 6 heteroatoms. The number of para-hydroxylation sites is 1. The third kappa shape index (κ3) is 3.44. The zero-order valence-corrected chi connectivity index (χ0v) is 15.4. The van der Waals surface area contributed by atoms with Crippen molar-refractivity contribution in [2.24, 2.45) is 7.05 Å². The van der Waals surface area contributed by atoms with Gasteiger partial charge in [-0.25, -0.2) is 0 Å². The van der Waals surface area contributed by atoms with E-state index in [1.165, 1.54) is 6.07 Å². The Bertz CT molecular complexity index is 1160. The Morgan fingerprint density at radius 3 is 2.57 bits per heavy atom. The molecule has 0 radical (unpaired) electrons. The number of nitrogens with one attached hydrogen (secondary N) is 1. The largest absolute Gasteiger partial charge is 0.343 e. The van der Waals surface area contributed by atoms with E-state index in [1.54, 1.807) is 22.5 Å². The van der Waals surface area contributed by atoms with Crippen molar-refractivity contribution < 1.29 is 4.79 Å². The van der Waals surface area contributed by atoms with Crippen LogP contribution in [0.2, 0.25) is 0 Å². The number of amides is 1. The Morgan fingerprint density at radius 2 is 1.82 bits per heavy atom. The molecule has 2 aromatic heterocycles. The molecule has 140 valence electrons. The van der Waals surface area contributed by atoms with Gasteiger partial charge in [-0.2, -0.15) is 5.10 Å². The standard InChI is InChI=1S/C22H20N4O2/c1-25-20-11-6-5-10-17(20)18(14-21(25)27)22(28)24-19(15-26-13-7-12-23-26)16-8-3-2-4-9-16/h2-14,19H,15H2,1H3,(H,24,28)/t19-/m1/s1. The van der Waals surface area contributed by atoms with Crippen LogP contribution in [0.3, 0.4) is 0 Å². The first-order chi connectivity index (χ1) is 13.6. The quantitative estimate of drug-likeness (QED) is 0.586. The van der Waals surface area contributed by atoms with Crippen molar-refractivity contribution in [3.63, 3.8) is 0 Å². The number of hydrogen-bond donors (Lipinski definition) is 1. The van der Waals surface area contributed by atoms with E-state index in [4.69, 9.17) is 0 Å². The normalized spacial score (nSPS) is 12.0. The minimum atomic E-state index is -0.282. The number of carbonyl (C=O) groups excluding carboxylic acids is 1. The Morgan fingerprint density at radius 1 is 1.07 bits per heavy atom. The summed E-state index contributed by atoms with van der Waals surface area (Å²) in [7, 11) is 1.71. The summed E-state index contributed by atoms with van der Waals surface area (Å²) in [6.07, 6.45) is 3.56. The lowest BCUT2D eigenvalue weighted by Crippen LogP contribution is -2.33. The van der Waals surface area contributed by atoms with Gasteiger partial charge in [0.1, 0.15) is 0 Å². The highest BCUT2D eigenvalue weighted by atomic mass is 16.2. The first-order valence-electron chi connectivity index (χ1n) is 9.05. The highest BCUT2D eigenvalue weighted by molar-refractivity contribution is 6.06. The molecule has 6 nitrogen and oxygen atoms in total. The molecule has 0 unspecified atom stereocenters. The van der Waals surface area contributed by atoms with Crippen molar-refractivity contribution >= 4 is 16.8 Å². The third-order valence-corrected chi connectivity index (χ3v) is 4.83. The van der Waals surface area contributed by atoms with Gasteiger partial charge in [-0.15, -0.1) is 0 Å². The van der Waals surface area contributed by atoms with Crippen LogP contribution in [0.15, 0.2) is 83.9 Å². The van der Waals surface area contributed by atoms with Crippen molar-refractivity contribution in [1.82, 2.24) is 19.7 Å². The molecule has 1 atom stereocenters. The minimum Gasteiger partial charge on any atom is -0.343 e. The van der Waals surface area contributed by atoms with Crippen LogP contribution in [0.1, 0.15) is 22.0 Å². The van der Waals surface area contributed by atoms with Gasteiger partial charge in [0, 0.05) is 30.9 Å².